The summed E-state index contributed by atoms with van der Waals surface area (Å²) in [6, 6.07) is 24.5. The van der Waals surface area contributed by atoms with E-state index in [1.165, 1.54) is 5.56 Å². The smallest absolute Gasteiger partial charge is 0.144 e. The summed E-state index contributed by atoms with van der Waals surface area (Å²) in [6.07, 6.45) is 1.30. The number of carbonyl (C=O) groups excluding carboxylic acids is 1. The van der Waals surface area contributed by atoms with Crippen LogP contribution >= 0.6 is 0 Å². The predicted octanol–water partition coefficient (Wildman–Crippen LogP) is 6.01. The summed E-state index contributed by atoms with van der Waals surface area (Å²) in [5.41, 5.74) is 6.34. The minimum atomic E-state index is -0.260. The van der Waals surface area contributed by atoms with Crippen molar-refractivity contribution in [2.24, 2.45) is 10.9 Å². The van der Waals surface area contributed by atoms with E-state index in [9.17, 15) is 4.79 Å². The number of Topliss-reactive ketones (excluding diaryl/α,β-unsaturated/α-hetero) is 1. The Balaban J connectivity index is 1.55. The zero-order valence-corrected chi connectivity index (χ0v) is 17.8. The summed E-state index contributed by atoms with van der Waals surface area (Å²) in [6.45, 7) is 2.08. The Kier molecular flexibility index (Phi) is 5.06. The first-order chi connectivity index (χ1) is 15.1. The molecule has 1 saturated carbocycles. The second-order valence-electron chi connectivity index (χ2n) is 8.48. The third-order valence-corrected chi connectivity index (χ3v) is 6.45. The molecule has 5 rings (SSSR count). The number of nitrogens with one attached hydrogen (secondary N) is 1. The lowest BCUT2D eigenvalue weighted by Gasteiger charge is -2.34. The highest BCUT2D eigenvalue weighted by Crippen LogP contribution is 2.44. The number of rotatable bonds is 3. The van der Waals surface area contributed by atoms with Crippen molar-refractivity contribution in [3.63, 3.8) is 0 Å². The quantitative estimate of drug-likeness (QED) is 0.576. The molecule has 1 N–H and O–H groups in total. The van der Waals surface area contributed by atoms with Gasteiger partial charge in [-0.05, 0) is 54.7 Å². The average Bonchev–Trinajstić information content (AvgIpc) is 2.96. The van der Waals surface area contributed by atoms with Gasteiger partial charge in [0.05, 0.1) is 30.4 Å². The topological polar surface area (TPSA) is 50.7 Å². The van der Waals surface area contributed by atoms with Crippen LogP contribution in [0.2, 0.25) is 0 Å². The fourth-order valence-corrected chi connectivity index (χ4v) is 4.76. The predicted molar refractivity (Wildman–Crippen MR) is 125 cm³/mol. The number of benzene rings is 3. The van der Waals surface area contributed by atoms with E-state index < -0.39 is 0 Å². The van der Waals surface area contributed by atoms with Gasteiger partial charge >= 0.3 is 0 Å². The van der Waals surface area contributed by atoms with E-state index in [2.05, 4.69) is 48.6 Å². The summed E-state index contributed by atoms with van der Waals surface area (Å²) in [7, 11) is 1.67. The van der Waals surface area contributed by atoms with Crippen LogP contribution in [0, 0.1) is 12.8 Å². The molecule has 1 heterocycles. The summed E-state index contributed by atoms with van der Waals surface area (Å²) >= 11 is 0. The maximum atomic E-state index is 13.5. The SMILES string of the molecule is COc1ccc([C@H]2CC(=O)[C@H]3C(=Nc4ccccc4N[C@@H]3c3ccc(C)cc3)C2)cc1. The zero-order valence-electron chi connectivity index (χ0n) is 17.8. The number of hydrogen-bond acceptors (Lipinski definition) is 4. The molecule has 0 saturated heterocycles. The second kappa shape index (κ2) is 8.03. The third-order valence-electron chi connectivity index (χ3n) is 6.45. The molecular weight excluding hydrogens is 384 g/mol. The number of ketones is 1. The lowest BCUT2D eigenvalue weighted by molar-refractivity contribution is -0.122. The van der Waals surface area contributed by atoms with Gasteiger partial charge in [0.2, 0.25) is 0 Å². The number of carbonyl (C=O) groups is 1. The molecule has 1 fully saturated rings. The third kappa shape index (κ3) is 3.74. The van der Waals surface area contributed by atoms with Crippen LogP contribution < -0.4 is 10.1 Å². The van der Waals surface area contributed by atoms with Crippen LogP contribution in [0.5, 0.6) is 5.75 Å². The number of para-hydroxylation sites is 2. The van der Waals surface area contributed by atoms with Crippen LogP contribution in [0.3, 0.4) is 0 Å². The van der Waals surface area contributed by atoms with E-state index in [0.717, 1.165) is 40.4 Å². The summed E-state index contributed by atoms with van der Waals surface area (Å²) in [5, 5.41) is 3.64. The van der Waals surface area contributed by atoms with Crippen LogP contribution in [0.25, 0.3) is 0 Å². The van der Waals surface area contributed by atoms with E-state index in [0.29, 0.717) is 6.42 Å². The van der Waals surface area contributed by atoms with Gasteiger partial charge < -0.3 is 10.1 Å². The maximum absolute atomic E-state index is 13.5. The molecule has 3 aromatic carbocycles. The number of aliphatic imine (C=N–C) groups is 1. The van der Waals surface area contributed by atoms with Crippen molar-refractivity contribution in [2.75, 3.05) is 12.4 Å². The summed E-state index contributed by atoms with van der Waals surface area (Å²) < 4.78 is 5.29. The van der Waals surface area contributed by atoms with Crippen molar-refractivity contribution in [3.8, 4) is 5.75 Å². The van der Waals surface area contributed by atoms with E-state index in [4.69, 9.17) is 9.73 Å². The Morgan fingerprint density at radius 2 is 1.61 bits per heavy atom. The molecule has 0 unspecified atom stereocenters. The van der Waals surface area contributed by atoms with Gasteiger partial charge in [0.1, 0.15) is 11.5 Å². The molecule has 0 bridgehead atoms. The van der Waals surface area contributed by atoms with Gasteiger partial charge in [-0.1, -0.05) is 54.1 Å². The molecule has 0 radical (unpaired) electrons. The first kappa shape index (κ1) is 19.6. The van der Waals surface area contributed by atoms with E-state index >= 15 is 0 Å². The number of nitrogens with zero attached hydrogens (tertiary/aromatic N) is 1. The first-order valence-corrected chi connectivity index (χ1v) is 10.8. The van der Waals surface area contributed by atoms with Crippen molar-refractivity contribution < 1.29 is 9.53 Å². The summed E-state index contributed by atoms with van der Waals surface area (Å²) in [5.74, 6) is 0.951. The van der Waals surface area contributed by atoms with Crippen LogP contribution in [-0.4, -0.2) is 18.6 Å². The number of ether oxygens (including phenoxy) is 1. The van der Waals surface area contributed by atoms with Gasteiger partial charge in [0, 0.05) is 12.1 Å². The number of hydrogen-bond donors (Lipinski definition) is 1. The molecule has 0 amide bonds. The Labute approximate surface area is 183 Å². The van der Waals surface area contributed by atoms with Crippen LogP contribution in [-0.2, 0) is 4.79 Å². The van der Waals surface area contributed by atoms with Crippen LogP contribution in [0.1, 0.15) is 41.5 Å². The van der Waals surface area contributed by atoms with Crippen LogP contribution in [0.15, 0.2) is 77.8 Å². The molecule has 4 nitrogen and oxygen atoms in total. The first-order valence-electron chi connectivity index (χ1n) is 10.8. The molecular formula is C27H26N2O2. The number of fused-ring (bicyclic) bond motifs is 2. The Hall–Kier alpha value is -3.40. The van der Waals surface area contributed by atoms with Gasteiger partial charge in [-0.15, -0.1) is 0 Å². The average molecular weight is 411 g/mol. The van der Waals surface area contributed by atoms with Crippen molar-refractivity contribution in [2.45, 2.75) is 31.7 Å². The molecule has 156 valence electrons. The molecule has 1 aliphatic heterocycles. The van der Waals surface area contributed by atoms with Gasteiger partial charge in [0.25, 0.3) is 0 Å². The molecule has 3 atom stereocenters. The molecule has 0 aromatic heterocycles. The monoisotopic (exact) mass is 410 g/mol. The molecule has 4 heteroatoms. The van der Waals surface area contributed by atoms with E-state index in [1.807, 2.05) is 36.4 Å². The minimum absolute atomic E-state index is 0.118. The van der Waals surface area contributed by atoms with E-state index in [1.54, 1.807) is 7.11 Å². The Bertz CT molecular complexity index is 1130. The van der Waals surface area contributed by atoms with Crippen molar-refractivity contribution in [1.82, 2.24) is 0 Å². The summed E-state index contributed by atoms with van der Waals surface area (Å²) in [4.78, 5) is 18.6. The minimum Gasteiger partial charge on any atom is -0.497 e. The van der Waals surface area contributed by atoms with Gasteiger partial charge in [-0.3, -0.25) is 9.79 Å². The lowest BCUT2D eigenvalue weighted by atomic mass is 9.72. The Morgan fingerprint density at radius 1 is 0.903 bits per heavy atom. The second-order valence-corrected chi connectivity index (χ2v) is 8.48. The highest BCUT2D eigenvalue weighted by atomic mass is 16.5. The fourth-order valence-electron chi connectivity index (χ4n) is 4.76. The number of methoxy groups -OCH3 is 1. The normalized spacial score (nSPS) is 22.5. The van der Waals surface area contributed by atoms with Crippen LogP contribution in [0.4, 0.5) is 11.4 Å². The van der Waals surface area contributed by atoms with Gasteiger partial charge in [-0.2, -0.15) is 0 Å². The number of aryl methyl sites for hydroxylation is 1. The highest BCUT2D eigenvalue weighted by molar-refractivity contribution is 6.10. The fraction of sp³-hybridized carbons (Fsp3) is 0.259. The highest BCUT2D eigenvalue weighted by Gasteiger charge is 2.41. The standard InChI is InChI=1S/C27H26N2O2/c1-17-7-9-19(10-8-17)27-26-24(28-22-5-3-4-6-23(22)29-27)15-20(16-25(26)30)18-11-13-21(31-2)14-12-18/h3-14,20,26-27,29H,15-16H2,1-2H3/t20-,26-,27-/m1/s1. The number of anilines is 1. The molecule has 3 aromatic rings. The van der Waals surface area contributed by atoms with E-state index in [-0.39, 0.29) is 23.7 Å². The van der Waals surface area contributed by atoms with Gasteiger partial charge in [0.15, 0.2) is 0 Å². The van der Waals surface area contributed by atoms with Crippen molar-refractivity contribution in [3.05, 3.63) is 89.5 Å². The molecule has 1 aliphatic carbocycles. The molecule has 0 spiro atoms. The largest absolute Gasteiger partial charge is 0.497 e. The molecule has 31 heavy (non-hydrogen) atoms. The van der Waals surface area contributed by atoms with Crippen molar-refractivity contribution >= 4 is 22.9 Å². The maximum Gasteiger partial charge on any atom is 0.144 e. The van der Waals surface area contributed by atoms with Gasteiger partial charge in [-0.25, -0.2) is 0 Å². The Morgan fingerprint density at radius 3 is 2.35 bits per heavy atom. The lowest BCUT2D eigenvalue weighted by Crippen LogP contribution is -2.38. The zero-order chi connectivity index (χ0) is 21.4. The molecule has 2 aliphatic rings. The van der Waals surface area contributed by atoms with Crippen molar-refractivity contribution in [1.29, 1.82) is 0 Å².